The first kappa shape index (κ1) is 18.3. The summed E-state index contributed by atoms with van der Waals surface area (Å²) in [6.45, 7) is 2.02. The fourth-order valence-corrected chi connectivity index (χ4v) is 3.95. The molecule has 26 heavy (non-hydrogen) atoms. The van der Waals surface area contributed by atoms with Crippen LogP contribution >= 0.6 is 11.3 Å². The van der Waals surface area contributed by atoms with Crippen molar-refractivity contribution in [3.63, 3.8) is 0 Å². The highest BCUT2D eigenvalue weighted by Crippen LogP contribution is 2.25. The van der Waals surface area contributed by atoms with E-state index >= 15 is 0 Å². The van der Waals surface area contributed by atoms with Gasteiger partial charge in [0.1, 0.15) is 5.75 Å². The summed E-state index contributed by atoms with van der Waals surface area (Å²) in [6, 6.07) is 9.56. The van der Waals surface area contributed by atoms with E-state index in [1.807, 2.05) is 34.1 Å². The molecule has 1 aliphatic rings. The van der Waals surface area contributed by atoms with Crippen molar-refractivity contribution in [1.82, 2.24) is 4.90 Å². The SMILES string of the molecule is COc1ccc(N(CCC(N)=O)CC(=O)N2CCc3sccc3C2)cc1. The summed E-state index contributed by atoms with van der Waals surface area (Å²) in [5.74, 6) is 0.426. The Labute approximate surface area is 157 Å². The van der Waals surface area contributed by atoms with Crippen LogP contribution in [-0.4, -0.2) is 43.5 Å². The van der Waals surface area contributed by atoms with Gasteiger partial charge in [-0.05, 0) is 47.7 Å². The third kappa shape index (κ3) is 4.35. The molecule has 138 valence electrons. The van der Waals surface area contributed by atoms with Crippen molar-refractivity contribution in [2.45, 2.75) is 19.4 Å². The first-order chi connectivity index (χ1) is 12.6. The summed E-state index contributed by atoms with van der Waals surface area (Å²) in [7, 11) is 1.61. The molecule has 1 aromatic carbocycles. The second-order valence-electron chi connectivity index (χ2n) is 6.27. The molecule has 2 N–H and O–H groups in total. The molecule has 2 aromatic rings. The number of hydrogen-bond donors (Lipinski definition) is 1. The molecule has 3 rings (SSSR count). The Morgan fingerprint density at radius 2 is 2.04 bits per heavy atom. The van der Waals surface area contributed by atoms with E-state index in [2.05, 4.69) is 11.4 Å². The highest BCUT2D eigenvalue weighted by atomic mass is 32.1. The van der Waals surface area contributed by atoms with E-state index < -0.39 is 0 Å². The molecule has 7 heteroatoms. The van der Waals surface area contributed by atoms with Gasteiger partial charge < -0.3 is 20.3 Å². The number of amides is 2. The summed E-state index contributed by atoms with van der Waals surface area (Å²) >= 11 is 1.75. The quantitative estimate of drug-likeness (QED) is 0.806. The van der Waals surface area contributed by atoms with E-state index in [0.29, 0.717) is 13.1 Å². The summed E-state index contributed by atoms with van der Waals surface area (Å²) < 4.78 is 5.18. The van der Waals surface area contributed by atoms with Crippen LogP contribution in [0.4, 0.5) is 5.69 Å². The van der Waals surface area contributed by atoms with Crippen LogP contribution in [0.1, 0.15) is 16.9 Å². The molecule has 1 aromatic heterocycles. The van der Waals surface area contributed by atoms with Gasteiger partial charge in [0.2, 0.25) is 11.8 Å². The third-order valence-electron chi connectivity index (χ3n) is 4.55. The van der Waals surface area contributed by atoms with Gasteiger partial charge in [-0.15, -0.1) is 11.3 Å². The van der Waals surface area contributed by atoms with Gasteiger partial charge >= 0.3 is 0 Å². The number of thiophene rings is 1. The third-order valence-corrected chi connectivity index (χ3v) is 5.58. The molecule has 0 atom stereocenters. The molecule has 0 unspecified atom stereocenters. The minimum Gasteiger partial charge on any atom is -0.497 e. The Morgan fingerprint density at radius 1 is 1.27 bits per heavy atom. The molecule has 0 spiro atoms. The number of primary amides is 1. The highest BCUT2D eigenvalue weighted by molar-refractivity contribution is 7.10. The monoisotopic (exact) mass is 373 g/mol. The number of rotatable bonds is 7. The summed E-state index contributed by atoms with van der Waals surface area (Å²) in [5.41, 5.74) is 7.41. The van der Waals surface area contributed by atoms with Crippen LogP contribution in [0.3, 0.4) is 0 Å². The maximum Gasteiger partial charge on any atom is 0.242 e. The normalized spacial score (nSPS) is 13.2. The standard InChI is InChI=1S/C19H23N3O3S/c1-25-16-4-2-15(3-5-16)21(10-7-18(20)23)13-19(24)22-9-6-17-14(12-22)8-11-26-17/h2-5,8,11H,6-7,9-10,12-13H2,1H3,(H2,20,23). The van der Waals surface area contributed by atoms with Crippen LogP contribution in [0.5, 0.6) is 5.75 Å². The molecule has 0 saturated carbocycles. The minimum atomic E-state index is -0.378. The van der Waals surface area contributed by atoms with Crippen LogP contribution in [0.15, 0.2) is 35.7 Å². The van der Waals surface area contributed by atoms with E-state index in [0.717, 1.165) is 24.4 Å². The number of nitrogens with zero attached hydrogens (tertiary/aromatic N) is 2. The molecule has 0 saturated heterocycles. The van der Waals surface area contributed by atoms with E-state index in [9.17, 15) is 9.59 Å². The van der Waals surface area contributed by atoms with Crippen LogP contribution in [0.2, 0.25) is 0 Å². The van der Waals surface area contributed by atoms with Crippen LogP contribution in [-0.2, 0) is 22.6 Å². The Morgan fingerprint density at radius 3 is 2.73 bits per heavy atom. The zero-order valence-electron chi connectivity index (χ0n) is 14.8. The molecule has 2 heterocycles. The van der Waals surface area contributed by atoms with Gasteiger partial charge in [0.25, 0.3) is 0 Å². The largest absolute Gasteiger partial charge is 0.497 e. The lowest BCUT2D eigenvalue weighted by Gasteiger charge is -2.31. The molecule has 0 radical (unpaired) electrons. The zero-order valence-corrected chi connectivity index (χ0v) is 15.6. The average molecular weight is 373 g/mol. The summed E-state index contributed by atoms with van der Waals surface area (Å²) in [5, 5.41) is 2.08. The van der Waals surface area contributed by atoms with Crippen molar-refractivity contribution in [2.75, 3.05) is 31.6 Å². The number of nitrogens with two attached hydrogens (primary N) is 1. The van der Waals surface area contributed by atoms with Crippen LogP contribution in [0.25, 0.3) is 0 Å². The lowest BCUT2D eigenvalue weighted by molar-refractivity contribution is -0.130. The number of hydrogen-bond acceptors (Lipinski definition) is 5. The van der Waals surface area contributed by atoms with E-state index in [1.54, 1.807) is 18.4 Å². The first-order valence-corrected chi connectivity index (χ1v) is 9.45. The lowest BCUT2D eigenvalue weighted by atomic mass is 10.1. The number of fused-ring (bicyclic) bond motifs is 1. The maximum absolute atomic E-state index is 12.8. The summed E-state index contributed by atoms with van der Waals surface area (Å²) in [4.78, 5) is 29.2. The van der Waals surface area contributed by atoms with Crippen LogP contribution in [0, 0.1) is 0 Å². The lowest BCUT2D eigenvalue weighted by Crippen LogP contribution is -2.43. The number of methoxy groups -OCH3 is 1. The van der Waals surface area contributed by atoms with Gasteiger partial charge in [-0.2, -0.15) is 0 Å². The highest BCUT2D eigenvalue weighted by Gasteiger charge is 2.23. The van der Waals surface area contributed by atoms with E-state index in [1.165, 1.54) is 10.4 Å². The Hall–Kier alpha value is -2.54. The van der Waals surface area contributed by atoms with Crippen molar-refractivity contribution in [3.8, 4) is 5.75 Å². The zero-order chi connectivity index (χ0) is 18.5. The van der Waals surface area contributed by atoms with Gasteiger partial charge in [-0.25, -0.2) is 0 Å². The Balaban J connectivity index is 1.70. The van der Waals surface area contributed by atoms with Crippen molar-refractivity contribution in [3.05, 3.63) is 46.2 Å². The van der Waals surface area contributed by atoms with E-state index in [4.69, 9.17) is 10.5 Å². The number of benzene rings is 1. The molecule has 2 amide bonds. The molecule has 1 aliphatic heterocycles. The predicted molar refractivity (Wildman–Crippen MR) is 102 cm³/mol. The Kier molecular flexibility index (Phi) is 5.78. The Bertz CT molecular complexity index is 773. The number of ether oxygens (including phenoxy) is 1. The molecule has 6 nitrogen and oxygen atoms in total. The van der Waals surface area contributed by atoms with Gasteiger partial charge in [-0.3, -0.25) is 9.59 Å². The fourth-order valence-electron chi connectivity index (χ4n) is 3.06. The molecular formula is C19H23N3O3S. The van der Waals surface area contributed by atoms with Gasteiger partial charge in [0, 0.05) is 36.6 Å². The van der Waals surface area contributed by atoms with Crippen molar-refractivity contribution < 1.29 is 14.3 Å². The molecular weight excluding hydrogens is 350 g/mol. The molecule has 0 aliphatic carbocycles. The van der Waals surface area contributed by atoms with Crippen LogP contribution < -0.4 is 15.4 Å². The number of carbonyl (C=O) groups excluding carboxylic acids is 2. The smallest absolute Gasteiger partial charge is 0.242 e. The minimum absolute atomic E-state index is 0.0575. The molecule has 0 fully saturated rings. The maximum atomic E-state index is 12.8. The van der Waals surface area contributed by atoms with Crippen molar-refractivity contribution >= 4 is 28.8 Å². The topological polar surface area (TPSA) is 75.9 Å². The number of carbonyl (C=O) groups is 2. The van der Waals surface area contributed by atoms with E-state index in [-0.39, 0.29) is 24.8 Å². The number of anilines is 1. The predicted octanol–water partition coefficient (Wildman–Crippen LogP) is 2.02. The molecule has 0 bridgehead atoms. The van der Waals surface area contributed by atoms with Crippen molar-refractivity contribution in [2.24, 2.45) is 5.73 Å². The summed E-state index contributed by atoms with van der Waals surface area (Å²) in [6.07, 6.45) is 1.11. The average Bonchev–Trinajstić information content (AvgIpc) is 3.12. The van der Waals surface area contributed by atoms with Gasteiger partial charge in [-0.1, -0.05) is 0 Å². The van der Waals surface area contributed by atoms with Crippen molar-refractivity contribution in [1.29, 1.82) is 0 Å². The van der Waals surface area contributed by atoms with Gasteiger partial charge in [0.05, 0.1) is 13.7 Å². The second kappa shape index (κ2) is 8.23. The van der Waals surface area contributed by atoms with Gasteiger partial charge in [0.15, 0.2) is 0 Å². The fraction of sp³-hybridized carbons (Fsp3) is 0.368. The second-order valence-corrected chi connectivity index (χ2v) is 7.27. The first-order valence-electron chi connectivity index (χ1n) is 8.57.